The van der Waals surface area contributed by atoms with Crippen LogP contribution >= 0.6 is 27.5 Å². The van der Waals surface area contributed by atoms with Crippen molar-refractivity contribution >= 4 is 44.7 Å². The molecule has 0 radical (unpaired) electrons. The standard InChI is InChI=1S/C27H22BrClN2O2/c28-20-11-7-19(8-12-20)24-23(18-9-13-21(29)14-10-18)22-6-2-5-17-31(22)25(24)26(32)27(33)30-15-3-1-4-16-30/h2,5-14,17H,1,3-4,15-16H2. The second-order valence-corrected chi connectivity index (χ2v) is 9.60. The van der Waals surface area contributed by atoms with Crippen LogP contribution in [0, 0.1) is 0 Å². The van der Waals surface area contributed by atoms with Gasteiger partial charge in [0.15, 0.2) is 0 Å². The highest BCUT2D eigenvalue weighted by atomic mass is 79.9. The molecular formula is C27H22BrClN2O2. The van der Waals surface area contributed by atoms with Crippen LogP contribution in [-0.2, 0) is 4.79 Å². The average Bonchev–Trinajstić information content (AvgIpc) is 3.20. The van der Waals surface area contributed by atoms with Gasteiger partial charge in [-0.05, 0) is 66.8 Å². The topological polar surface area (TPSA) is 41.8 Å². The number of Topliss-reactive ketones (excluding diaryl/α,β-unsaturated/α-hetero) is 1. The summed E-state index contributed by atoms with van der Waals surface area (Å²) in [6, 6.07) is 21.2. The highest BCUT2D eigenvalue weighted by molar-refractivity contribution is 9.10. The van der Waals surface area contributed by atoms with Crippen LogP contribution in [0.4, 0.5) is 0 Å². The van der Waals surface area contributed by atoms with Crippen molar-refractivity contribution in [2.24, 2.45) is 0 Å². The van der Waals surface area contributed by atoms with Gasteiger partial charge in [0, 0.05) is 39.9 Å². The number of carbonyl (C=O) groups is 2. The fourth-order valence-corrected chi connectivity index (χ4v) is 4.97. The third-order valence-electron chi connectivity index (χ3n) is 6.16. The van der Waals surface area contributed by atoms with E-state index in [1.54, 1.807) is 4.90 Å². The molecule has 6 heteroatoms. The normalized spacial score (nSPS) is 13.9. The number of rotatable bonds is 4. The number of aromatic nitrogens is 1. The monoisotopic (exact) mass is 520 g/mol. The van der Waals surface area contributed by atoms with E-state index < -0.39 is 11.7 Å². The molecule has 2 aromatic heterocycles. The van der Waals surface area contributed by atoms with Gasteiger partial charge in [-0.3, -0.25) is 9.59 Å². The summed E-state index contributed by atoms with van der Waals surface area (Å²) in [5.41, 5.74) is 4.74. The molecule has 0 spiro atoms. The molecule has 4 aromatic rings. The molecule has 1 fully saturated rings. The molecule has 166 valence electrons. The van der Waals surface area contributed by atoms with Gasteiger partial charge in [0.05, 0.1) is 5.52 Å². The molecule has 1 saturated heterocycles. The first kappa shape index (κ1) is 21.9. The van der Waals surface area contributed by atoms with E-state index in [0.29, 0.717) is 23.8 Å². The first-order valence-electron chi connectivity index (χ1n) is 11.0. The molecule has 1 amide bonds. The maximum Gasteiger partial charge on any atom is 0.296 e. The maximum absolute atomic E-state index is 13.8. The number of ketones is 1. The van der Waals surface area contributed by atoms with Gasteiger partial charge in [0.1, 0.15) is 5.69 Å². The summed E-state index contributed by atoms with van der Waals surface area (Å²) in [5.74, 6) is -0.907. The number of fused-ring (bicyclic) bond motifs is 1. The minimum Gasteiger partial charge on any atom is -0.336 e. The second-order valence-electron chi connectivity index (χ2n) is 8.25. The third kappa shape index (κ3) is 4.11. The van der Waals surface area contributed by atoms with Crippen LogP contribution in [0.1, 0.15) is 29.8 Å². The molecule has 0 bridgehead atoms. The van der Waals surface area contributed by atoms with E-state index >= 15 is 0 Å². The number of benzene rings is 2. The zero-order valence-corrected chi connectivity index (χ0v) is 20.3. The van der Waals surface area contributed by atoms with Gasteiger partial charge in [-0.2, -0.15) is 0 Å². The van der Waals surface area contributed by atoms with Crippen LogP contribution in [-0.4, -0.2) is 34.1 Å². The second kappa shape index (κ2) is 9.16. The zero-order valence-electron chi connectivity index (χ0n) is 17.9. The lowest BCUT2D eigenvalue weighted by molar-refractivity contribution is -0.127. The lowest BCUT2D eigenvalue weighted by atomic mass is 9.94. The predicted molar refractivity (Wildman–Crippen MR) is 136 cm³/mol. The summed E-state index contributed by atoms with van der Waals surface area (Å²) < 4.78 is 2.80. The Morgan fingerprint density at radius 3 is 2.12 bits per heavy atom. The van der Waals surface area contributed by atoms with Crippen LogP contribution in [0.3, 0.4) is 0 Å². The van der Waals surface area contributed by atoms with E-state index in [2.05, 4.69) is 15.9 Å². The summed E-state index contributed by atoms with van der Waals surface area (Å²) in [7, 11) is 0. The molecule has 1 aliphatic heterocycles. The van der Waals surface area contributed by atoms with Gasteiger partial charge in [0.2, 0.25) is 0 Å². The molecule has 0 atom stereocenters. The summed E-state index contributed by atoms with van der Waals surface area (Å²) in [5, 5.41) is 0.643. The van der Waals surface area contributed by atoms with E-state index in [-0.39, 0.29) is 0 Å². The number of halogens is 2. The van der Waals surface area contributed by atoms with E-state index in [0.717, 1.165) is 51.5 Å². The maximum atomic E-state index is 13.8. The number of amides is 1. The summed E-state index contributed by atoms with van der Waals surface area (Å²) in [6.45, 7) is 1.26. The fourth-order valence-electron chi connectivity index (χ4n) is 4.58. The van der Waals surface area contributed by atoms with Crippen molar-refractivity contribution in [2.45, 2.75) is 19.3 Å². The number of likely N-dealkylation sites (tertiary alicyclic amines) is 1. The minimum absolute atomic E-state index is 0.397. The number of pyridine rings is 1. The number of hydrogen-bond donors (Lipinski definition) is 0. The SMILES string of the molecule is O=C(C(=O)N1CCCCC1)c1c(-c2ccc(Br)cc2)c(-c2ccc(Cl)cc2)c2ccccn12. The quantitative estimate of drug-likeness (QED) is 0.217. The van der Waals surface area contributed by atoms with Crippen LogP contribution in [0.2, 0.25) is 5.02 Å². The van der Waals surface area contributed by atoms with Crippen molar-refractivity contribution in [1.29, 1.82) is 0 Å². The Labute approximate surface area is 205 Å². The van der Waals surface area contributed by atoms with Gasteiger partial charge in [-0.15, -0.1) is 0 Å². The highest BCUT2D eigenvalue weighted by Gasteiger charge is 2.32. The Kier molecular flexibility index (Phi) is 6.09. The molecule has 0 saturated carbocycles. The largest absolute Gasteiger partial charge is 0.336 e. The molecule has 2 aromatic carbocycles. The first-order chi connectivity index (χ1) is 16.0. The molecule has 33 heavy (non-hydrogen) atoms. The Bertz CT molecular complexity index is 1340. The molecule has 0 unspecified atom stereocenters. The zero-order chi connectivity index (χ0) is 22.9. The van der Waals surface area contributed by atoms with Crippen LogP contribution in [0.25, 0.3) is 27.8 Å². The molecule has 4 nitrogen and oxygen atoms in total. The van der Waals surface area contributed by atoms with Crippen molar-refractivity contribution < 1.29 is 9.59 Å². The predicted octanol–water partition coefficient (Wildman–Crippen LogP) is 6.88. The number of piperidine rings is 1. The van der Waals surface area contributed by atoms with E-state index in [1.165, 1.54) is 0 Å². The van der Waals surface area contributed by atoms with Gasteiger partial charge in [-0.1, -0.05) is 57.9 Å². The molecule has 1 aliphatic rings. The van der Waals surface area contributed by atoms with Gasteiger partial charge < -0.3 is 9.30 Å². The van der Waals surface area contributed by atoms with Crippen LogP contribution in [0.5, 0.6) is 0 Å². The van der Waals surface area contributed by atoms with Crippen molar-refractivity contribution in [2.75, 3.05) is 13.1 Å². The Hall–Kier alpha value is -2.89. The van der Waals surface area contributed by atoms with Crippen LogP contribution in [0.15, 0.2) is 77.4 Å². The van der Waals surface area contributed by atoms with Crippen molar-refractivity contribution in [3.63, 3.8) is 0 Å². The summed E-state index contributed by atoms with van der Waals surface area (Å²) >= 11 is 9.66. The molecule has 0 aliphatic carbocycles. The van der Waals surface area contributed by atoms with E-state index in [4.69, 9.17) is 11.6 Å². The highest BCUT2D eigenvalue weighted by Crippen LogP contribution is 2.41. The molecule has 0 N–H and O–H groups in total. The first-order valence-corrected chi connectivity index (χ1v) is 12.2. The number of carbonyl (C=O) groups excluding carboxylic acids is 2. The lowest BCUT2D eigenvalue weighted by Crippen LogP contribution is -2.40. The number of nitrogens with zero attached hydrogens (tertiary/aromatic N) is 2. The van der Waals surface area contributed by atoms with Crippen molar-refractivity contribution in [3.8, 4) is 22.3 Å². The molecular weight excluding hydrogens is 500 g/mol. The summed E-state index contributed by atoms with van der Waals surface area (Å²) in [6.07, 6.45) is 4.82. The van der Waals surface area contributed by atoms with Gasteiger partial charge in [0.25, 0.3) is 11.7 Å². The van der Waals surface area contributed by atoms with Gasteiger partial charge >= 0.3 is 0 Å². The van der Waals surface area contributed by atoms with Crippen molar-refractivity contribution in [3.05, 3.63) is 88.1 Å². The fraction of sp³-hybridized carbons (Fsp3) is 0.185. The lowest BCUT2D eigenvalue weighted by Gasteiger charge is -2.26. The van der Waals surface area contributed by atoms with E-state index in [1.807, 2.05) is 77.3 Å². The molecule has 3 heterocycles. The smallest absolute Gasteiger partial charge is 0.296 e. The van der Waals surface area contributed by atoms with Gasteiger partial charge in [-0.25, -0.2) is 0 Å². The van der Waals surface area contributed by atoms with Crippen molar-refractivity contribution in [1.82, 2.24) is 9.30 Å². The van der Waals surface area contributed by atoms with Crippen LogP contribution < -0.4 is 0 Å². The molecule has 5 rings (SSSR count). The number of hydrogen-bond acceptors (Lipinski definition) is 2. The third-order valence-corrected chi connectivity index (χ3v) is 6.94. The average molecular weight is 522 g/mol. The Morgan fingerprint density at radius 2 is 1.42 bits per heavy atom. The van der Waals surface area contributed by atoms with E-state index in [9.17, 15) is 9.59 Å². The Balaban J connectivity index is 1.78. The Morgan fingerprint density at radius 1 is 0.788 bits per heavy atom. The summed E-state index contributed by atoms with van der Waals surface area (Å²) in [4.78, 5) is 28.8. The minimum atomic E-state index is -0.476.